The minimum atomic E-state index is 0.207. The topological polar surface area (TPSA) is 37.6 Å². The van der Waals surface area contributed by atoms with Gasteiger partial charge in [-0.3, -0.25) is 0 Å². The van der Waals surface area contributed by atoms with Crippen LogP contribution in [0.2, 0.25) is 0 Å². The second-order valence-electron chi connectivity index (χ2n) is 3.90. The van der Waals surface area contributed by atoms with Crippen molar-refractivity contribution < 1.29 is 9.15 Å². The summed E-state index contributed by atoms with van der Waals surface area (Å²) in [6, 6.07) is 4.04. The van der Waals surface area contributed by atoms with Gasteiger partial charge in [-0.1, -0.05) is 0 Å². The van der Waals surface area contributed by atoms with Crippen molar-refractivity contribution in [3.05, 3.63) is 24.2 Å². The second-order valence-corrected chi connectivity index (χ2v) is 4.29. The second kappa shape index (κ2) is 7.29. The largest absolute Gasteiger partial charge is 0.467 e. The Hall–Kier alpha value is -1.07. The molecule has 1 rings (SSSR count). The zero-order chi connectivity index (χ0) is 12.7. The zero-order valence-corrected chi connectivity index (χ0v) is 11.4. The molecule has 0 amide bonds. The van der Waals surface area contributed by atoms with E-state index in [0.717, 1.165) is 17.4 Å². The highest BCUT2D eigenvalue weighted by atomic mass is 32.1. The summed E-state index contributed by atoms with van der Waals surface area (Å²) in [6.45, 7) is 6.27. The highest BCUT2D eigenvalue weighted by Gasteiger charge is 2.11. The maximum absolute atomic E-state index is 5.36. The fourth-order valence-corrected chi connectivity index (χ4v) is 1.91. The van der Waals surface area contributed by atoms with Crippen molar-refractivity contribution in [2.24, 2.45) is 0 Å². The molecule has 1 N–H and O–H groups in total. The van der Waals surface area contributed by atoms with Crippen LogP contribution in [-0.2, 0) is 11.3 Å². The van der Waals surface area contributed by atoms with Crippen LogP contribution in [0.3, 0.4) is 0 Å². The molecule has 17 heavy (non-hydrogen) atoms. The van der Waals surface area contributed by atoms with E-state index in [1.807, 2.05) is 19.1 Å². The van der Waals surface area contributed by atoms with Crippen LogP contribution in [0.1, 0.15) is 19.6 Å². The summed E-state index contributed by atoms with van der Waals surface area (Å²) >= 11 is 5.36. The molecular formula is C12H20N2O2S. The van der Waals surface area contributed by atoms with Crippen LogP contribution in [0.25, 0.3) is 0 Å². The lowest BCUT2D eigenvalue weighted by atomic mass is 10.3. The van der Waals surface area contributed by atoms with E-state index < -0.39 is 0 Å². The first kappa shape index (κ1) is 14.0. The lowest BCUT2D eigenvalue weighted by Crippen LogP contribution is -2.44. The van der Waals surface area contributed by atoms with Crippen LogP contribution < -0.4 is 5.32 Å². The number of methoxy groups -OCH3 is 1. The third kappa shape index (κ3) is 4.75. The van der Waals surface area contributed by atoms with E-state index in [1.165, 1.54) is 0 Å². The summed E-state index contributed by atoms with van der Waals surface area (Å²) in [5.41, 5.74) is 0. The molecule has 4 nitrogen and oxygen atoms in total. The summed E-state index contributed by atoms with van der Waals surface area (Å²) in [4.78, 5) is 2.06. The number of rotatable bonds is 6. The molecule has 0 spiro atoms. The van der Waals surface area contributed by atoms with Gasteiger partial charge in [0, 0.05) is 19.7 Å². The minimum Gasteiger partial charge on any atom is -0.467 e. The van der Waals surface area contributed by atoms with Gasteiger partial charge in [-0.25, -0.2) is 0 Å². The van der Waals surface area contributed by atoms with Crippen LogP contribution in [0.15, 0.2) is 22.8 Å². The molecule has 0 aliphatic carbocycles. The average Bonchev–Trinajstić information content (AvgIpc) is 2.78. The summed E-state index contributed by atoms with van der Waals surface area (Å²) < 4.78 is 10.4. The summed E-state index contributed by atoms with van der Waals surface area (Å²) in [5.74, 6) is 0.912. The predicted molar refractivity (Wildman–Crippen MR) is 71.9 cm³/mol. The lowest BCUT2D eigenvalue weighted by Gasteiger charge is -2.25. The summed E-state index contributed by atoms with van der Waals surface area (Å²) in [6.07, 6.45) is 1.67. The third-order valence-electron chi connectivity index (χ3n) is 2.38. The van der Waals surface area contributed by atoms with Crippen LogP contribution in [0.4, 0.5) is 0 Å². The smallest absolute Gasteiger partial charge is 0.169 e. The molecule has 1 aromatic rings. The van der Waals surface area contributed by atoms with E-state index in [-0.39, 0.29) is 6.04 Å². The monoisotopic (exact) mass is 256 g/mol. The van der Waals surface area contributed by atoms with Crippen molar-refractivity contribution in [2.75, 3.05) is 20.3 Å². The molecule has 0 aliphatic rings. The molecule has 0 radical (unpaired) electrons. The van der Waals surface area contributed by atoms with Crippen molar-refractivity contribution in [3.8, 4) is 0 Å². The van der Waals surface area contributed by atoms with Crippen molar-refractivity contribution in [3.63, 3.8) is 0 Å². The maximum Gasteiger partial charge on any atom is 0.169 e. The van der Waals surface area contributed by atoms with Gasteiger partial charge in [0.2, 0.25) is 0 Å². The molecule has 1 atom stereocenters. The van der Waals surface area contributed by atoms with E-state index in [0.29, 0.717) is 13.2 Å². The van der Waals surface area contributed by atoms with E-state index in [2.05, 4.69) is 17.1 Å². The van der Waals surface area contributed by atoms with Gasteiger partial charge < -0.3 is 19.4 Å². The number of hydrogen-bond donors (Lipinski definition) is 1. The molecule has 0 fully saturated rings. The van der Waals surface area contributed by atoms with Crippen molar-refractivity contribution in [1.82, 2.24) is 10.2 Å². The van der Waals surface area contributed by atoms with Crippen molar-refractivity contribution >= 4 is 17.3 Å². The Bertz CT molecular complexity index is 327. The van der Waals surface area contributed by atoms with Gasteiger partial charge in [0.15, 0.2) is 5.11 Å². The summed E-state index contributed by atoms with van der Waals surface area (Å²) in [7, 11) is 1.68. The number of furan rings is 1. The quantitative estimate of drug-likeness (QED) is 0.788. The van der Waals surface area contributed by atoms with Gasteiger partial charge in [0.05, 0.1) is 19.4 Å². The normalized spacial score (nSPS) is 12.2. The Balaban J connectivity index is 2.46. The van der Waals surface area contributed by atoms with Crippen LogP contribution in [0, 0.1) is 0 Å². The van der Waals surface area contributed by atoms with Gasteiger partial charge in [-0.05, 0) is 38.2 Å². The van der Waals surface area contributed by atoms with E-state index in [1.54, 1.807) is 13.4 Å². The predicted octanol–water partition coefficient (Wildman–Crippen LogP) is 2.01. The van der Waals surface area contributed by atoms with E-state index in [9.17, 15) is 0 Å². The van der Waals surface area contributed by atoms with Gasteiger partial charge in [0.1, 0.15) is 5.76 Å². The number of ether oxygens (including phenoxy) is 1. The van der Waals surface area contributed by atoms with Crippen molar-refractivity contribution in [2.45, 2.75) is 26.4 Å². The number of nitrogens with zero attached hydrogens (tertiary/aromatic N) is 1. The van der Waals surface area contributed by atoms with Gasteiger partial charge in [0.25, 0.3) is 0 Å². The molecule has 1 heterocycles. The maximum atomic E-state index is 5.36. The van der Waals surface area contributed by atoms with Gasteiger partial charge >= 0.3 is 0 Å². The number of nitrogens with one attached hydrogen (secondary N) is 1. The average molecular weight is 256 g/mol. The Labute approximate surface area is 108 Å². The number of thiocarbonyl (C=S) groups is 1. The van der Waals surface area contributed by atoms with Crippen LogP contribution >= 0.6 is 12.2 Å². The Morgan fingerprint density at radius 3 is 2.94 bits per heavy atom. The van der Waals surface area contributed by atoms with E-state index >= 15 is 0 Å². The molecule has 0 saturated carbocycles. The summed E-state index contributed by atoms with van der Waals surface area (Å²) in [5, 5.41) is 3.96. The molecular weight excluding hydrogens is 236 g/mol. The molecule has 0 aromatic carbocycles. The molecule has 5 heteroatoms. The van der Waals surface area contributed by atoms with Gasteiger partial charge in [-0.2, -0.15) is 0 Å². The highest BCUT2D eigenvalue weighted by Crippen LogP contribution is 2.05. The zero-order valence-electron chi connectivity index (χ0n) is 10.6. The minimum absolute atomic E-state index is 0.207. The lowest BCUT2D eigenvalue weighted by molar-refractivity contribution is 0.177. The fourth-order valence-electron chi connectivity index (χ4n) is 1.51. The van der Waals surface area contributed by atoms with E-state index in [4.69, 9.17) is 21.4 Å². The number of hydrogen-bond acceptors (Lipinski definition) is 3. The van der Waals surface area contributed by atoms with Crippen LogP contribution in [0.5, 0.6) is 0 Å². The van der Waals surface area contributed by atoms with Crippen molar-refractivity contribution in [1.29, 1.82) is 0 Å². The Morgan fingerprint density at radius 1 is 1.65 bits per heavy atom. The first-order valence-corrected chi connectivity index (χ1v) is 6.15. The Morgan fingerprint density at radius 2 is 2.41 bits per heavy atom. The first-order valence-electron chi connectivity index (χ1n) is 5.74. The Kier molecular flexibility index (Phi) is 6.00. The third-order valence-corrected chi connectivity index (χ3v) is 2.76. The highest BCUT2D eigenvalue weighted by molar-refractivity contribution is 7.80. The standard InChI is InChI=1S/C12H20N2O2S/c1-4-14(8-11-6-5-7-16-11)12(17)13-10(2)9-15-3/h5-7,10H,4,8-9H2,1-3H3,(H,13,17). The first-order chi connectivity index (χ1) is 8.17. The van der Waals surface area contributed by atoms with Gasteiger partial charge in [-0.15, -0.1) is 0 Å². The molecule has 1 aromatic heterocycles. The molecule has 96 valence electrons. The fraction of sp³-hybridized carbons (Fsp3) is 0.583. The molecule has 0 bridgehead atoms. The molecule has 0 aliphatic heterocycles. The SMILES string of the molecule is CCN(Cc1ccco1)C(=S)NC(C)COC. The van der Waals surface area contributed by atoms with Crippen LogP contribution in [-0.4, -0.2) is 36.3 Å². The molecule has 0 saturated heterocycles. The molecule has 1 unspecified atom stereocenters.